The number of anilines is 1. The molecule has 4 rings (SSSR count). The molecule has 0 radical (unpaired) electrons. The van der Waals surface area contributed by atoms with Crippen molar-refractivity contribution in [3.8, 4) is 0 Å². The summed E-state index contributed by atoms with van der Waals surface area (Å²) in [4.78, 5) is 28.6. The molecule has 0 aliphatic carbocycles. The summed E-state index contributed by atoms with van der Waals surface area (Å²) < 4.78 is 7.12. The van der Waals surface area contributed by atoms with Gasteiger partial charge in [-0.05, 0) is 48.7 Å². The third-order valence-corrected chi connectivity index (χ3v) is 5.75. The van der Waals surface area contributed by atoms with Crippen molar-refractivity contribution in [3.05, 3.63) is 77.7 Å². The zero-order valence-corrected chi connectivity index (χ0v) is 19.8. The number of para-hydroxylation sites is 2. The first-order chi connectivity index (χ1) is 16.5. The van der Waals surface area contributed by atoms with E-state index in [-0.39, 0.29) is 18.4 Å². The minimum atomic E-state index is -1.05. The van der Waals surface area contributed by atoms with Crippen molar-refractivity contribution in [2.75, 3.05) is 11.4 Å². The Morgan fingerprint density at radius 1 is 1.09 bits per heavy atom. The van der Waals surface area contributed by atoms with Gasteiger partial charge in [0.05, 0.1) is 22.5 Å². The molecule has 34 heavy (non-hydrogen) atoms. The molecule has 4 aromatic rings. The molecule has 0 aliphatic rings. The Bertz CT molecular complexity index is 1270. The van der Waals surface area contributed by atoms with Crippen LogP contribution in [0.4, 0.5) is 5.69 Å². The zero-order chi connectivity index (χ0) is 24.1. The average Bonchev–Trinajstić information content (AvgIpc) is 3.48. The molecule has 2 aromatic carbocycles. The molecule has 2 heterocycles. The van der Waals surface area contributed by atoms with E-state index in [4.69, 9.17) is 16.0 Å². The van der Waals surface area contributed by atoms with Crippen molar-refractivity contribution in [1.82, 2.24) is 20.3 Å². The summed E-state index contributed by atoms with van der Waals surface area (Å²) in [5.41, 5.74) is 1.79. The summed E-state index contributed by atoms with van der Waals surface area (Å²) in [6.07, 6.45) is 2.28. The summed E-state index contributed by atoms with van der Waals surface area (Å²) in [6, 6.07) is 16.6. The van der Waals surface area contributed by atoms with Crippen molar-refractivity contribution in [3.63, 3.8) is 0 Å². The van der Waals surface area contributed by atoms with Gasteiger partial charge in [-0.3, -0.25) is 14.5 Å². The van der Waals surface area contributed by atoms with Crippen LogP contribution in [0.1, 0.15) is 32.1 Å². The van der Waals surface area contributed by atoms with Gasteiger partial charge in [-0.15, -0.1) is 5.10 Å². The maximum atomic E-state index is 13.8. The van der Waals surface area contributed by atoms with Crippen molar-refractivity contribution in [2.45, 2.75) is 32.9 Å². The van der Waals surface area contributed by atoms with E-state index in [9.17, 15) is 9.59 Å². The van der Waals surface area contributed by atoms with E-state index in [1.54, 1.807) is 36.4 Å². The lowest BCUT2D eigenvalue weighted by molar-refractivity contribution is -0.127. The van der Waals surface area contributed by atoms with Crippen LogP contribution in [0.2, 0.25) is 5.02 Å². The fraction of sp³-hybridized carbons (Fsp3) is 0.280. The highest BCUT2D eigenvalue weighted by Crippen LogP contribution is 2.34. The Kier molecular flexibility index (Phi) is 7.27. The Morgan fingerprint density at radius 2 is 1.85 bits per heavy atom. The Balaban J connectivity index is 1.73. The van der Waals surface area contributed by atoms with Crippen LogP contribution in [0.3, 0.4) is 0 Å². The molecule has 0 aliphatic heterocycles. The number of carbonyl (C=O) groups excluding carboxylic acids is 2. The Labute approximate surface area is 202 Å². The molecule has 9 heteroatoms. The molecule has 2 aromatic heterocycles. The number of benzene rings is 2. The number of carbonyl (C=O) groups is 2. The zero-order valence-electron chi connectivity index (χ0n) is 19.0. The molecule has 2 amide bonds. The molecular formula is C25H26ClN5O3. The standard InChI is InChI=1S/C25H26ClN5O3/c1-17(2)13-14-27-25(33)24(22-12-7-15-34-22)31(20-10-5-3-8-18(20)26)23(32)16-30-21-11-6-4-9-19(21)28-29-30/h3-12,15,17,24H,13-14,16H2,1-2H3,(H,27,33). The number of amides is 2. The van der Waals surface area contributed by atoms with Crippen molar-refractivity contribution < 1.29 is 14.0 Å². The molecule has 176 valence electrons. The molecule has 0 spiro atoms. The molecule has 0 bridgehead atoms. The van der Waals surface area contributed by atoms with Crippen LogP contribution < -0.4 is 10.2 Å². The van der Waals surface area contributed by atoms with Gasteiger partial charge in [0, 0.05) is 6.54 Å². The van der Waals surface area contributed by atoms with E-state index in [0.717, 1.165) is 6.42 Å². The normalized spacial score (nSPS) is 12.1. The van der Waals surface area contributed by atoms with Gasteiger partial charge < -0.3 is 9.73 Å². The van der Waals surface area contributed by atoms with E-state index in [1.807, 2.05) is 24.3 Å². The van der Waals surface area contributed by atoms with E-state index in [2.05, 4.69) is 29.5 Å². The highest BCUT2D eigenvalue weighted by atomic mass is 35.5. The highest BCUT2D eigenvalue weighted by Gasteiger charge is 2.36. The molecule has 8 nitrogen and oxygen atoms in total. The smallest absolute Gasteiger partial charge is 0.251 e. The maximum Gasteiger partial charge on any atom is 0.251 e. The fourth-order valence-corrected chi connectivity index (χ4v) is 3.93. The lowest BCUT2D eigenvalue weighted by atomic mass is 10.1. The molecular weight excluding hydrogens is 454 g/mol. The number of rotatable bonds is 9. The van der Waals surface area contributed by atoms with E-state index in [1.165, 1.54) is 15.8 Å². The number of aromatic nitrogens is 3. The third kappa shape index (κ3) is 5.12. The minimum Gasteiger partial charge on any atom is -0.467 e. The van der Waals surface area contributed by atoms with Crippen LogP contribution >= 0.6 is 11.6 Å². The van der Waals surface area contributed by atoms with E-state index in [0.29, 0.717) is 40.0 Å². The van der Waals surface area contributed by atoms with Crippen molar-refractivity contribution in [2.24, 2.45) is 5.92 Å². The monoisotopic (exact) mass is 479 g/mol. The first-order valence-electron chi connectivity index (χ1n) is 11.1. The lowest BCUT2D eigenvalue weighted by Crippen LogP contribution is -2.45. The van der Waals surface area contributed by atoms with Crippen molar-refractivity contribution in [1.29, 1.82) is 0 Å². The van der Waals surface area contributed by atoms with E-state index >= 15 is 0 Å². The second-order valence-corrected chi connectivity index (χ2v) is 8.75. The number of nitrogens with one attached hydrogen (secondary N) is 1. The highest BCUT2D eigenvalue weighted by molar-refractivity contribution is 6.34. The van der Waals surface area contributed by atoms with E-state index < -0.39 is 6.04 Å². The third-order valence-electron chi connectivity index (χ3n) is 5.43. The van der Waals surface area contributed by atoms with Crippen LogP contribution in [0.25, 0.3) is 11.0 Å². The van der Waals surface area contributed by atoms with Gasteiger partial charge in [-0.1, -0.05) is 54.9 Å². The molecule has 1 atom stereocenters. The summed E-state index contributed by atoms with van der Waals surface area (Å²) >= 11 is 6.51. The van der Waals surface area contributed by atoms with Gasteiger partial charge in [-0.25, -0.2) is 4.68 Å². The largest absolute Gasteiger partial charge is 0.467 e. The summed E-state index contributed by atoms with van der Waals surface area (Å²) in [6.45, 7) is 4.50. The van der Waals surface area contributed by atoms with Gasteiger partial charge in [-0.2, -0.15) is 0 Å². The quantitative estimate of drug-likeness (QED) is 0.378. The van der Waals surface area contributed by atoms with Gasteiger partial charge in [0.2, 0.25) is 5.91 Å². The van der Waals surface area contributed by atoms with Gasteiger partial charge in [0.25, 0.3) is 5.91 Å². The SMILES string of the molecule is CC(C)CCNC(=O)C(c1ccco1)N(C(=O)Cn1nnc2ccccc21)c1ccccc1Cl. The minimum absolute atomic E-state index is 0.137. The number of nitrogens with zero attached hydrogens (tertiary/aromatic N) is 4. The average molecular weight is 480 g/mol. The molecule has 0 saturated carbocycles. The fourth-order valence-electron chi connectivity index (χ4n) is 3.70. The maximum absolute atomic E-state index is 13.8. The van der Waals surface area contributed by atoms with Crippen LogP contribution in [-0.2, 0) is 16.1 Å². The predicted molar refractivity (Wildman–Crippen MR) is 130 cm³/mol. The number of hydrogen-bond acceptors (Lipinski definition) is 5. The second kappa shape index (κ2) is 10.5. The van der Waals surface area contributed by atoms with Gasteiger partial charge >= 0.3 is 0 Å². The van der Waals surface area contributed by atoms with Crippen LogP contribution in [0.15, 0.2) is 71.3 Å². The lowest BCUT2D eigenvalue weighted by Gasteiger charge is -2.30. The van der Waals surface area contributed by atoms with Crippen LogP contribution in [0, 0.1) is 5.92 Å². The summed E-state index contributed by atoms with van der Waals surface area (Å²) in [5.74, 6) is 0.0134. The molecule has 1 N–H and O–H groups in total. The van der Waals surface area contributed by atoms with Gasteiger partial charge in [0.15, 0.2) is 6.04 Å². The summed E-state index contributed by atoms with van der Waals surface area (Å²) in [5, 5.41) is 11.5. The first kappa shape index (κ1) is 23.5. The van der Waals surface area contributed by atoms with Crippen LogP contribution in [0.5, 0.6) is 0 Å². The topological polar surface area (TPSA) is 93.3 Å². The Morgan fingerprint density at radius 3 is 2.59 bits per heavy atom. The van der Waals surface area contributed by atoms with Crippen LogP contribution in [-0.4, -0.2) is 33.4 Å². The number of halogens is 1. The Hall–Kier alpha value is -3.65. The molecule has 1 unspecified atom stereocenters. The number of hydrogen-bond donors (Lipinski definition) is 1. The second-order valence-electron chi connectivity index (χ2n) is 8.34. The molecule has 0 fully saturated rings. The summed E-state index contributed by atoms with van der Waals surface area (Å²) in [7, 11) is 0. The van der Waals surface area contributed by atoms with Crippen molar-refractivity contribution >= 4 is 40.1 Å². The predicted octanol–water partition coefficient (Wildman–Crippen LogP) is 4.61. The molecule has 0 saturated heterocycles. The first-order valence-corrected chi connectivity index (χ1v) is 11.5. The number of fused-ring (bicyclic) bond motifs is 1. The van der Waals surface area contributed by atoms with Gasteiger partial charge in [0.1, 0.15) is 17.8 Å². The number of furan rings is 1.